The second-order valence-electron chi connectivity index (χ2n) is 7.86. The third-order valence-corrected chi connectivity index (χ3v) is 5.95. The van der Waals surface area contributed by atoms with Gasteiger partial charge in [0.2, 0.25) is 0 Å². The zero-order chi connectivity index (χ0) is 17.4. The molecule has 1 saturated heterocycles. The SMILES string of the molecule is C=C.Cc1ccc(CCC2CCC(C3CCC(C)CC3)OC2)cc1.N. The van der Waals surface area contributed by atoms with Crippen molar-refractivity contribution < 1.29 is 4.74 Å². The summed E-state index contributed by atoms with van der Waals surface area (Å²) in [5.41, 5.74) is 2.84. The van der Waals surface area contributed by atoms with Crippen molar-refractivity contribution in [1.29, 1.82) is 0 Å². The molecular formula is C23H39NO. The highest BCUT2D eigenvalue weighted by Crippen LogP contribution is 2.36. The Balaban J connectivity index is 0.00000101. The van der Waals surface area contributed by atoms with Crippen LogP contribution < -0.4 is 6.15 Å². The fourth-order valence-electron chi connectivity index (χ4n) is 4.21. The quantitative estimate of drug-likeness (QED) is 0.632. The van der Waals surface area contributed by atoms with Crippen LogP contribution >= 0.6 is 0 Å². The van der Waals surface area contributed by atoms with Gasteiger partial charge in [-0.2, -0.15) is 0 Å². The molecule has 1 heterocycles. The zero-order valence-electron chi connectivity index (χ0n) is 16.5. The topological polar surface area (TPSA) is 44.2 Å². The third-order valence-electron chi connectivity index (χ3n) is 5.95. The fourth-order valence-corrected chi connectivity index (χ4v) is 4.21. The summed E-state index contributed by atoms with van der Waals surface area (Å²) in [6.07, 6.45) is 11.4. The highest BCUT2D eigenvalue weighted by molar-refractivity contribution is 5.21. The predicted octanol–water partition coefficient (Wildman–Crippen LogP) is 6.51. The molecular weight excluding hydrogens is 306 g/mol. The second kappa shape index (κ2) is 11.5. The molecule has 3 N–H and O–H groups in total. The molecule has 1 aliphatic carbocycles. The van der Waals surface area contributed by atoms with E-state index in [4.69, 9.17) is 4.74 Å². The lowest BCUT2D eigenvalue weighted by molar-refractivity contribution is -0.0587. The summed E-state index contributed by atoms with van der Waals surface area (Å²) in [4.78, 5) is 0. The van der Waals surface area contributed by atoms with Gasteiger partial charge in [0, 0.05) is 6.61 Å². The molecule has 1 aromatic rings. The first-order valence-electron chi connectivity index (χ1n) is 9.88. The highest BCUT2D eigenvalue weighted by Gasteiger charge is 2.30. The number of hydrogen-bond acceptors (Lipinski definition) is 2. The number of rotatable bonds is 4. The normalized spacial score (nSPS) is 29.0. The van der Waals surface area contributed by atoms with Crippen LogP contribution in [0.5, 0.6) is 0 Å². The average Bonchev–Trinajstić information content (AvgIpc) is 2.64. The fraction of sp³-hybridized carbons (Fsp3) is 0.652. The maximum Gasteiger partial charge on any atom is 0.0603 e. The molecule has 142 valence electrons. The first-order chi connectivity index (χ1) is 11.7. The third kappa shape index (κ3) is 6.95. The Hall–Kier alpha value is -1.12. The maximum absolute atomic E-state index is 6.27. The number of benzene rings is 1. The highest BCUT2D eigenvalue weighted by atomic mass is 16.5. The van der Waals surface area contributed by atoms with Crippen LogP contribution in [0, 0.1) is 24.7 Å². The lowest BCUT2D eigenvalue weighted by Crippen LogP contribution is -2.34. The van der Waals surface area contributed by atoms with Crippen molar-refractivity contribution in [3.8, 4) is 0 Å². The van der Waals surface area contributed by atoms with Crippen LogP contribution in [-0.4, -0.2) is 12.7 Å². The first kappa shape index (κ1) is 21.9. The van der Waals surface area contributed by atoms with E-state index in [0.29, 0.717) is 6.10 Å². The summed E-state index contributed by atoms with van der Waals surface area (Å²) in [6.45, 7) is 11.6. The molecule has 0 spiro atoms. The number of hydrogen-bond donors (Lipinski definition) is 1. The molecule has 0 amide bonds. The summed E-state index contributed by atoms with van der Waals surface area (Å²) in [5, 5.41) is 0. The standard InChI is InChI=1S/C21H32O.C2H4.H3N/c1-16-3-7-18(8-4-16)9-10-19-11-14-21(22-15-19)20-12-5-17(2)6-13-20;1-2;/h3-4,7-8,17,19-21H,5-6,9-15H2,1-2H3;1-2H2;1H3. The molecule has 2 unspecified atom stereocenters. The molecule has 2 heteroatoms. The minimum atomic E-state index is 0. The Labute approximate surface area is 155 Å². The molecule has 0 bridgehead atoms. The van der Waals surface area contributed by atoms with Gasteiger partial charge in [0.15, 0.2) is 0 Å². The smallest absolute Gasteiger partial charge is 0.0603 e. The van der Waals surface area contributed by atoms with Crippen LogP contribution in [0.4, 0.5) is 0 Å². The van der Waals surface area contributed by atoms with E-state index in [2.05, 4.69) is 51.3 Å². The number of ether oxygens (including phenoxy) is 1. The second-order valence-corrected chi connectivity index (χ2v) is 7.86. The molecule has 1 aliphatic heterocycles. The van der Waals surface area contributed by atoms with Crippen molar-refractivity contribution in [3.05, 3.63) is 48.6 Å². The Bertz CT molecular complexity index is 453. The van der Waals surface area contributed by atoms with Gasteiger partial charge in [0.1, 0.15) is 0 Å². The van der Waals surface area contributed by atoms with Gasteiger partial charge in [0.05, 0.1) is 6.10 Å². The van der Waals surface area contributed by atoms with Crippen molar-refractivity contribution in [2.24, 2.45) is 17.8 Å². The summed E-state index contributed by atoms with van der Waals surface area (Å²) in [7, 11) is 0. The summed E-state index contributed by atoms with van der Waals surface area (Å²) < 4.78 is 6.27. The van der Waals surface area contributed by atoms with Crippen LogP contribution in [0.1, 0.15) is 63.0 Å². The molecule has 1 aromatic carbocycles. The van der Waals surface area contributed by atoms with Crippen molar-refractivity contribution >= 4 is 0 Å². The van der Waals surface area contributed by atoms with Gasteiger partial charge in [-0.1, -0.05) is 49.6 Å². The van der Waals surface area contributed by atoms with Gasteiger partial charge in [-0.25, -0.2) is 0 Å². The van der Waals surface area contributed by atoms with Crippen molar-refractivity contribution in [3.63, 3.8) is 0 Å². The Morgan fingerprint density at radius 2 is 1.60 bits per heavy atom. The van der Waals surface area contributed by atoms with Crippen LogP contribution in [0.2, 0.25) is 0 Å². The van der Waals surface area contributed by atoms with E-state index in [-0.39, 0.29) is 6.15 Å². The van der Waals surface area contributed by atoms with E-state index in [1.807, 2.05) is 0 Å². The molecule has 2 nitrogen and oxygen atoms in total. The Morgan fingerprint density at radius 1 is 0.960 bits per heavy atom. The van der Waals surface area contributed by atoms with Gasteiger partial charge in [-0.3, -0.25) is 0 Å². The van der Waals surface area contributed by atoms with Crippen LogP contribution in [-0.2, 0) is 11.2 Å². The van der Waals surface area contributed by atoms with E-state index in [0.717, 1.165) is 24.4 Å². The molecule has 25 heavy (non-hydrogen) atoms. The summed E-state index contributed by atoms with van der Waals surface area (Å²) >= 11 is 0. The van der Waals surface area contributed by atoms with Crippen LogP contribution in [0.15, 0.2) is 37.4 Å². The van der Waals surface area contributed by atoms with Crippen LogP contribution in [0.3, 0.4) is 0 Å². The van der Waals surface area contributed by atoms with E-state index in [9.17, 15) is 0 Å². The zero-order valence-corrected chi connectivity index (χ0v) is 16.5. The summed E-state index contributed by atoms with van der Waals surface area (Å²) in [5.74, 6) is 2.58. The van der Waals surface area contributed by atoms with Crippen molar-refractivity contribution in [2.45, 2.75) is 71.3 Å². The Kier molecular flexibility index (Phi) is 10.1. The average molecular weight is 346 g/mol. The molecule has 2 atom stereocenters. The summed E-state index contributed by atoms with van der Waals surface area (Å²) in [6, 6.07) is 9.02. The minimum absolute atomic E-state index is 0. The van der Waals surface area contributed by atoms with E-state index < -0.39 is 0 Å². The van der Waals surface area contributed by atoms with Gasteiger partial charge in [-0.15, -0.1) is 13.2 Å². The molecule has 1 saturated carbocycles. The minimum Gasteiger partial charge on any atom is -0.378 e. The number of aryl methyl sites for hydroxylation is 2. The molecule has 0 radical (unpaired) electrons. The van der Waals surface area contributed by atoms with Gasteiger partial charge in [-0.05, 0) is 68.8 Å². The van der Waals surface area contributed by atoms with Gasteiger partial charge in [0.25, 0.3) is 0 Å². The van der Waals surface area contributed by atoms with Crippen molar-refractivity contribution in [1.82, 2.24) is 6.15 Å². The van der Waals surface area contributed by atoms with Gasteiger partial charge < -0.3 is 10.9 Å². The molecule has 3 rings (SSSR count). The maximum atomic E-state index is 6.27. The van der Waals surface area contributed by atoms with E-state index >= 15 is 0 Å². The van der Waals surface area contributed by atoms with Crippen LogP contribution in [0.25, 0.3) is 0 Å². The van der Waals surface area contributed by atoms with Gasteiger partial charge >= 0.3 is 0 Å². The van der Waals surface area contributed by atoms with Crippen molar-refractivity contribution in [2.75, 3.05) is 6.61 Å². The largest absolute Gasteiger partial charge is 0.378 e. The Morgan fingerprint density at radius 3 is 2.16 bits per heavy atom. The first-order valence-corrected chi connectivity index (χ1v) is 9.88. The lowest BCUT2D eigenvalue weighted by atomic mass is 9.77. The monoisotopic (exact) mass is 345 g/mol. The molecule has 2 fully saturated rings. The van der Waals surface area contributed by atoms with E-state index in [1.54, 1.807) is 0 Å². The van der Waals surface area contributed by atoms with E-state index in [1.165, 1.54) is 62.5 Å². The molecule has 2 aliphatic rings. The lowest BCUT2D eigenvalue weighted by Gasteiger charge is -2.37. The molecule has 0 aromatic heterocycles. The predicted molar refractivity (Wildman–Crippen MR) is 109 cm³/mol.